The third kappa shape index (κ3) is 3.50. The highest BCUT2D eigenvalue weighted by Gasteiger charge is 2.41. The number of methoxy groups -OCH3 is 2. The highest BCUT2D eigenvalue weighted by atomic mass is 16.5. The number of fused-ring (bicyclic) bond motifs is 3. The van der Waals surface area contributed by atoms with Crippen molar-refractivity contribution in [3.05, 3.63) is 101 Å². The second-order valence-electron chi connectivity index (χ2n) is 9.31. The van der Waals surface area contributed by atoms with Crippen LogP contribution in [0.5, 0.6) is 17.2 Å². The minimum Gasteiger partial charge on any atom is -0.497 e. The summed E-state index contributed by atoms with van der Waals surface area (Å²) < 4.78 is 19.9. The van der Waals surface area contributed by atoms with Gasteiger partial charge in [-0.1, -0.05) is 50.2 Å². The first-order valence-corrected chi connectivity index (χ1v) is 12.1. The van der Waals surface area contributed by atoms with E-state index in [1.54, 1.807) is 20.5 Å². The van der Waals surface area contributed by atoms with Gasteiger partial charge < -0.3 is 19.5 Å². The molecule has 0 fully saturated rings. The number of benzene rings is 3. The molecule has 4 aromatic rings. The summed E-state index contributed by atoms with van der Waals surface area (Å²) in [4.78, 5) is 4.52. The van der Waals surface area contributed by atoms with E-state index in [1.807, 2.05) is 41.1 Å². The summed E-state index contributed by atoms with van der Waals surface area (Å²) in [6.07, 6.45) is 1.17. The van der Waals surface area contributed by atoms with Gasteiger partial charge in [0.15, 0.2) is 6.10 Å². The van der Waals surface area contributed by atoms with Gasteiger partial charge in [0.1, 0.15) is 29.6 Å². The molecule has 36 heavy (non-hydrogen) atoms. The van der Waals surface area contributed by atoms with Crippen molar-refractivity contribution in [3.63, 3.8) is 0 Å². The van der Waals surface area contributed by atoms with E-state index in [1.165, 1.54) is 5.56 Å². The maximum absolute atomic E-state index is 6.73. The number of aromatic nitrogens is 3. The van der Waals surface area contributed by atoms with Crippen LogP contribution < -0.4 is 19.5 Å². The molecular formula is C29H28N4O3. The van der Waals surface area contributed by atoms with Gasteiger partial charge in [0.25, 0.3) is 0 Å². The van der Waals surface area contributed by atoms with Crippen molar-refractivity contribution in [1.82, 2.24) is 14.8 Å². The second kappa shape index (κ2) is 8.75. The van der Waals surface area contributed by atoms with E-state index in [0.29, 0.717) is 17.6 Å². The molecular weight excluding hydrogens is 452 g/mol. The Labute approximate surface area is 210 Å². The van der Waals surface area contributed by atoms with Gasteiger partial charge in [-0.25, -0.2) is 4.68 Å². The van der Waals surface area contributed by atoms with Gasteiger partial charge in [-0.2, -0.15) is 10.1 Å². The number of nitrogens with zero attached hydrogens (tertiary/aromatic N) is 3. The molecule has 0 saturated carbocycles. The van der Waals surface area contributed by atoms with Gasteiger partial charge in [-0.3, -0.25) is 0 Å². The quantitative estimate of drug-likeness (QED) is 0.379. The largest absolute Gasteiger partial charge is 0.497 e. The molecule has 1 aromatic heterocycles. The zero-order chi connectivity index (χ0) is 24.8. The molecule has 2 unspecified atom stereocenters. The molecule has 0 aliphatic carbocycles. The van der Waals surface area contributed by atoms with Crippen molar-refractivity contribution in [2.24, 2.45) is 0 Å². The Morgan fingerprint density at radius 3 is 2.53 bits per heavy atom. The van der Waals surface area contributed by atoms with Crippen LogP contribution in [0.15, 0.2) is 78.6 Å². The standard InChI is InChI=1S/C29H28N4O3/c1-17(2)18-9-11-19(12-10-18)27-25-26(32-29-30-16-31-33(27)29)21-7-5-6-8-23(21)36-28(25)22-14-13-20(34-3)15-24(22)35-4/h5-17,27-28H,1-4H3,(H,30,31,32). The van der Waals surface area contributed by atoms with Crippen LogP contribution in [0.3, 0.4) is 0 Å². The van der Waals surface area contributed by atoms with Crippen LogP contribution >= 0.6 is 0 Å². The van der Waals surface area contributed by atoms with Crippen molar-refractivity contribution in [2.75, 3.05) is 19.5 Å². The van der Waals surface area contributed by atoms with Gasteiger partial charge in [-0.15, -0.1) is 0 Å². The van der Waals surface area contributed by atoms with Gasteiger partial charge in [-0.05, 0) is 41.3 Å². The Morgan fingerprint density at radius 1 is 0.972 bits per heavy atom. The molecule has 0 saturated heterocycles. The maximum Gasteiger partial charge on any atom is 0.226 e. The van der Waals surface area contributed by atoms with Crippen LogP contribution in [-0.2, 0) is 0 Å². The van der Waals surface area contributed by atoms with Crippen LogP contribution in [0.4, 0.5) is 5.95 Å². The van der Waals surface area contributed by atoms with Crippen LogP contribution in [0.2, 0.25) is 0 Å². The number of rotatable bonds is 5. The Balaban J connectivity index is 1.59. The Kier molecular flexibility index (Phi) is 5.40. The van der Waals surface area contributed by atoms with Crippen molar-refractivity contribution in [3.8, 4) is 17.2 Å². The lowest BCUT2D eigenvalue weighted by atomic mass is 9.84. The molecule has 7 nitrogen and oxygen atoms in total. The fourth-order valence-electron chi connectivity index (χ4n) is 5.09. The Hall–Kier alpha value is -4.26. The predicted molar refractivity (Wildman–Crippen MR) is 139 cm³/mol. The average molecular weight is 481 g/mol. The minimum atomic E-state index is -0.421. The van der Waals surface area contributed by atoms with Gasteiger partial charge in [0, 0.05) is 22.8 Å². The highest BCUT2D eigenvalue weighted by molar-refractivity contribution is 5.85. The van der Waals surface area contributed by atoms with Crippen LogP contribution in [-0.4, -0.2) is 29.0 Å². The second-order valence-corrected chi connectivity index (χ2v) is 9.31. The molecule has 0 spiro atoms. The Morgan fingerprint density at radius 2 is 1.78 bits per heavy atom. The predicted octanol–water partition coefficient (Wildman–Crippen LogP) is 5.98. The summed E-state index contributed by atoms with van der Waals surface area (Å²) in [6, 6.07) is 22.5. The molecule has 3 heterocycles. The van der Waals surface area contributed by atoms with E-state index in [-0.39, 0.29) is 6.04 Å². The lowest BCUT2D eigenvalue weighted by molar-refractivity contribution is 0.217. The number of nitrogens with one attached hydrogen (secondary N) is 1. The highest BCUT2D eigenvalue weighted by Crippen LogP contribution is 2.52. The molecule has 0 bridgehead atoms. The van der Waals surface area contributed by atoms with Crippen molar-refractivity contribution < 1.29 is 14.2 Å². The molecule has 6 rings (SSSR count). The first-order valence-electron chi connectivity index (χ1n) is 12.1. The molecule has 2 aliphatic heterocycles. The molecule has 182 valence electrons. The van der Waals surface area contributed by atoms with Crippen molar-refractivity contribution in [2.45, 2.75) is 31.9 Å². The molecule has 7 heteroatoms. The fraction of sp³-hybridized carbons (Fsp3) is 0.241. The van der Waals surface area contributed by atoms with Crippen LogP contribution in [0, 0.1) is 0 Å². The third-order valence-electron chi connectivity index (χ3n) is 6.96. The minimum absolute atomic E-state index is 0.217. The number of para-hydroxylation sites is 1. The first-order chi connectivity index (χ1) is 17.6. The summed E-state index contributed by atoms with van der Waals surface area (Å²) in [5.41, 5.74) is 6.34. The smallest absolute Gasteiger partial charge is 0.226 e. The summed E-state index contributed by atoms with van der Waals surface area (Å²) in [5.74, 6) is 3.37. The van der Waals surface area contributed by atoms with Crippen molar-refractivity contribution in [1.29, 1.82) is 0 Å². The summed E-state index contributed by atoms with van der Waals surface area (Å²) in [5, 5.41) is 8.17. The topological polar surface area (TPSA) is 70.4 Å². The van der Waals surface area contributed by atoms with Crippen LogP contribution in [0.25, 0.3) is 5.70 Å². The average Bonchev–Trinajstić information content (AvgIpc) is 3.39. The zero-order valence-corrected chi connectivity index (χ0v) is 20.7. The summed E-state index contributed by atoms with van der Waals surface area (Å²) in [6.45, 7) is 4.40. The summed E-state index contributed by atoms with van der Waals surface area (Å²) >= 11 is 0. The number of ether oxygens (including phenoxy) is 3. The molecule has 1 N–H and O–H groups in total. The van der Waals surface area contributed by atoms with E-state index < -0.39 is 6.10 Å². The third-order valence-corrected chi connectivity index (χ3v) is 6.96. The summed E-state index contributed by atoms with van der Waals surface area (Å²) in [7, 11) is 3.32. The maximum atomic E-state index is 6.73. The number of anilines is 1. The number of hydrogen-bond acceptors (Lipinski definition) is 6. The normalized spacial score (nSPS) is 18.0. The monoisotopic (exact) mass is 480 g/mol. The molecule has 0 amide bonds. The van der Waals surface area contributed by atoms with Gasteiger partial charge in [0.2, 0.25) is 5.95 Å². The van der Waals surface area contributed by atoms with E-state index in [0.717, 1.165) is 39.5 Å². The number of hydrogen-bond donors (Lipinski definition) is 1. The lowest BCUT2D eigenvalue weighted by Gasteiger charge is -2.39. The van der Waals surface area contributed by atoms with E-state index in [4.69, 9.17) is 14.2 Å². The molecule has 2 atom stereocenters. The molecule has 0 radical (unpaired) electrons. The van der Waals surface area contributed by atoms with E-state index in [2.05, 4.69) is 59.6 Å². The molecule has 3 aromatic carbocycles. The Bertz CT molecular complexity index is 1460. The first kappa shape index (κ1) is 22.2. The lowest BCUT2D eigenvalue weighted by Crippen LogP contribution is -2.32. The van der Waals surface area contributed by atoms with Crippen molar-refractivity contribution >= 4 is 11.6 Å². The van der Waals surface area contributed by atoms with E-state index >= 15 is 0 Å². The SMILES string of the molecule is COc1ccc(C2Oc3ccccc3C3=C2C(c2ccc(C(C)C)cc2)n2ncnc2N3)c(OC)c1. The molecule has 2 aliphatic rings. The fourth-order valence-corrected chi connectivity index (χ4v) is 5.09. The van der Waals surface area contributed by atoms with Crippen LogP contribution in [0.1, 0.15) is 54.2 Å². The van der Waals surface area contributed by atoms with Gasteiger partial charge in [0.05, 0.1) is 19.9 Å². The zero-order valence-electron chi connectivity index (χ0n) is 20.7. The van der Waals surface area contributed by atoms with E-state index in [9.17, 15) is 0 Å². The van der Waals surface area contributed by atoms with Gasteiger partial charge >= 0.3 is 0 Å².